The standard InChI is InChI=1S/C11H12IN5/c1-3-7-9(12)10(13)17-11(16-7)8-4-5-14-6(2)15-8/h4-5H,3H2,1-2H3,(H2,13,16,17). The summed E-state index contributed by atoms with van der Waals surface area (Å²) in [6.07, 6.45) is 2.52. The summed E-state index contributed by atoms with van der Waals surface area (Å²) in [4.78, 5) is 17.1. The smallest absolute Gasteiger partial charge is 0.180 e. The number of nitrogens with two attached hydrogens (primary N) is 1. The van der Waals surface area contributed by atoms with Gasteiger partial charge < -0.3 is 5.73 Å². The maximum absolute atomic E-state index is 5.87. The molecular formula is C11H12IN5. The molecule has 5 nitrogen and oxygen atoms in total. The summed E-state index contributed by atoms with van der Waals surface area (Å²) in [5.74, 6) is 1.76. The van der Waals surface area contributed by atoms with E-state index in [4.69, 9.17) is 5.73 Å². The summed E-state index contributed by atoms with van der Waals surface area (Å²) in [5.41, 5.74) is 7.52. The third-order valence-corrected chi connectivity index (χ3v) is 3.46. The van der Waals surface area contributed by atoms with Crippen LogP contribution in [0.1, 0.15) is 18.4 Å². The lowest BCUT2D eigenvalue weighted by Gasteiger charge is -2.07. The molecule has 0 aliphatic carbocycles. The fourth-order valence-electron chi connectivity index (χ4n) is 1.44. The van der Waals surface area contributed by atoms with Gasteiger partial charge in [-0.2, -0.15) is 0 Å². The highest BCUT2D eigenvalue weighted by atomic mass is 127. The van der Waals surface area contributed by atoms with Crippen molar-refractivity contribution in [3.8, 4) is 11.5 Å². The Hall–Kier alpha value is -1.31. The largest absolute Gasteiger partial charge is 0.383 e. The molecule has 0 saturated heterocycles. The fraction of sp³-hybridized carbons (Fsp3) is 0.273. The van der Waals surface area contributed by atoms with E-state index in [1.165, 1.54) is 0 Å². The van der Waals surface area contributed by atoms with Crippen LogP contribution in [0, 0.1) is 10.5 Å². The van der Waals surface area contributed by atoms with Crippen LogP contribution in [0.15, 0.2) is 12.3 Å². The molecule has 17 heavy (non-hydrogen) atoms. The van der Waals surface area contributed by atoms with Crippen LogP contribution in [0.2, 0.25) is 0 Å². The lowest BCUT2D eigenvalue weighted by Crippen LogP contribution is -2.05. The first-order valence-electron chi connectivity index (χ1n) is 5.23. The zero-order chi connectivity index (χ0) is 12.4. The Balaban J connectivity index is 2.56. The maximum Gasteiger partial charge on any atom is 0.180 e. The van der Waals surface area contributed by atoms with Crippen molar-refractivity contribution < 1.29 is 0 Å². The van der Waals surface area contributed by atoms with Crippen molar-refractivity contribution in [1.82, 2.24) is 19.9 Å². The van der Waals surface area contributed by atoms with Gasteiger partial charge in [-0.1, -0.05) is 6.92 Å². The Bertz CT molecular complexity index is 556. The van der Waals surface area contributed by atoms with E-state index in [9.17, 15) is 0 Å². The molecule has 0 aromatic carbocycles. The predicted molar refractivity (Wildman–Crippen MR) is 74.3 cm³/mol. The Morgan fingerprint density at radius 2 is 2.06 bits per heavy atom. The van der Waals surface area contributed by atoms with E-state index < -0.39 is 0 Å². The first-order valence-corrected chi connectivity index (χ1v) is 6.31. The molecule has 0 saturated carbocycles. The summed E-state index contributed by atoms with van der Waals surface area (Å²) in [6, 6.07) is 1.79. The molecule has 0 radical (unpaired) electrons. The van der Waals surface area contributed by atoms with Gasteiger partial charge in [0, 0.05) is 6.20 Å². The van der Waals surface area contributed by atoms with Crippen molar-refractivity contribution in [3.05, 3.63) is 27.4 Å². The quantitative estimate of drug-likeness (QED) is 0.846. The molecule has 88 valence electrons. The first-order chi connectivity index (χ1) is 8.11. The fourth-order valence-corrected chi connectivity index (χ4v) is 2.07. The van der Waals surface area contributed by atoms with Gasteiger partial charge in [-0.25, -0.2) is 19.9 Å². The molecule has 6 heteroatoms. The number of rotatable bonds is 2. The highest BCUT2D eigenvalue weighted by Gasteiger charge is 2.11. The van der Waals surface area contributed by atoms with E-state index >= 15 is 0 Å². The summed E-state index contributed by atoms with van der Waals surface area (Å²) in [5, 5.41) is 0. The van der Waals surface area contributed by atoms with E-state index in [0.717, 1.165) is 15.7 Å². The molecule has 0 fully saturated rings. The minimum atomic E-state index is 0.503. The van der Waals surface area contributed by atoms with E-state index in [-0.39, 0.29) is 0 Å². The average Bonchev–Trinajstić information content (AvgIpc) is 2.32. The van der Waals surface area contributed by atoms with Crippen molar-refractivity contribution in [3.63, 3.8) is 0 Å². The van der Waals surface area contributed by atoms with Crippen molar-refractivity contribution in [2.24, 2.45) is 0 Å². The lowest BCUT2D eigenvalue weighted by molar-refractivity contribution is 0.974. The van der Waals surface area contributed by atoms with Crippen molar-refractivity contribution in [2.45, 2.75) is 20.3 Å². The number of aryl methyl sites for hydroxylation is 2. The summed E-state index contributed by atoms with van der Waals surface area (Å²) >= 11 is 2.16. The Morgan fingerprint density at radius 1 is 1.29 bits per heavy atom. The molecule has 0 spiro atoms. The minimum absolute atomic E-state index is 0.503. The third-order valence-electron chi connectivity index (χ3n) is 2.29. The van der Waals surface area contributed by atoms with Gasteiger partial charge in [-0.3, -0.25) is 0 Å². The van der Waals surface area contributed by atoms with Crippen molar-refractivity contribution in [2.75, 3.05) is 5.73 Å². The number of hydrogen-bond donors (Lipinski definition) is 1. The number of aromatic nitrogens is 4. The highest BCUT2D eigenvalue weighted by Crippen LogP contribution is 2.21. The molecule has 2 aromatic heterocycles. The van der Waals surface area contributed by atoms with Crippen LogP contribution >= 0.6 is 22.6 Å². The SMILES string of the molecule is CCc1nc(-c2ccnc(C)n2)nc(N)c1I. The van der Waals surface area contributed by atoms with E-state index in [1.54, 1.807) is 12.3 Å². The van der Waals surface area contributed by atoms with E-state index in [2.05, 4.69) is 42.5 Å². The van der Waals surface area contributed by atoms with Gasteiger partial charge >= 0.3 is 0 Å². The first kappa shape index (κ1) is 12.2. The molecule has 0 unspecified atom stereocenters. The number of nitrogen functional groups attached to an aromatic ring is 1. The van der Waals surface area contributed by atoms with Crippen LogP contribution in [0.3, 0.4) is 0 Å². The maximum atomic E-state index is 5.87. The summed E-state index contributed by atoms with van der Waals surface area (Å²) in [6.45, 7) is 3.87. The van der Waals surface area contributed by atoms with Crippen LogP contribution in [-0.2, 0) is 6.42 Å². The average molecular weight is 341 g/mol. The second-order valence-electron chi connectivity index (χ2n) is 3.54. The Kier molecular flexibility index (Phi) is 3.51. The van der Waals surface area contributed by atoms with Gasteiger partial charge in [0.2, 0.25) is 0 Å². The highest BCUT2D eigenvalue weighted by molar-refractivity contribution is 14.1. The van der Waals surface area contributed by atoms with Crippen LogP contribution in [0.5, 0.6) is 0 Å². The van der Waals surface area contributed by atoms with E-state index in [1.807, 2.05) is 13.8 Å². The Morgan fingerprint density at radius 3 is 2.71 bits per heavy atom. The second kappa shape index (κ2) is 4.91. The van der Waals surface area contributed by atoms with Gasteiger partial charge in [-0.15, -0.1) is 0 Å². The molecular weight excluding hydrogens is 329 g/mol. The molecule has 0 atom stereocenters. The Labute approximate surface area is 113 Å². The zero-order valence-corrected chi connectivity index (χ0v) is 11.8. The molecule has 0 amide bonds. The van der Waals surface area contributed by atoms with Gasteiger partial charge in [0.25, 0.3) is 0 Å². The third kappa shape index (κ3) is 2.51. The number of nitrogens with zero attached hydrogens (tertiary/aromatic N) is 4. The predicted octanol–water partition coefficient (Wildman–Crippen LogP) is 1.99. The number of hydrogen-bond acceptors (Lipinski definition) is 5. The van der Waals surface area contributed by atoms with Crippen LogP contribution < -0.4 is 5.73 Å². The molecule has 2 heterocycles. The summed E-state index contributed by atoms with van der Waals surface area (Å²) < 4.78 is 0.916. The molecule has 2 aromatic rings. The van der Waals surface area contributed by atoms with Crippen molar-refractivity contribution >= 4 is 28.4 Å². The number of anilines is 1. The van der Waals surface area contributed by atoms with Gasteiger partial charge in [0.1, 0.15) is 17.3 Å². The summed E-state index contributed by atoms with van der Waals surface area (Å²) in [7, 11) is 0. The molecule has 2 rings (SSSR count). The molecule has 0 aliphatic rings. The molecule has 0 bridgehead atoms. The van der Waals surface area contributed by atoms with Crippen LogP contribution in [0.25, 0.3) is 11.5 Å². The van der Waals surface area contributed by atoms with Crippen LogP contribution in [-0.4, -0.2) is 19.9 Å². The molecule has 0 aliphatic heterocycles. The monoisotopic (exact) mass is 341 g/mol. The van der Waals surface area contributed by atoms with E-state index in [0.29, 0.717) is 23.2 Å². The van der Waals surface area contributed by atoms with Gasteiger partial charge in [0.05, 0.1) is 9.26 Å². The normalized spacial score (nSPS) is 10.5. The molecule has 2 N–H and O–H groups in total. The number of halogens is 1. The second-order valence-corrected chi connectivity index (χ2v) is 4.61. The minimum Gasteiger partial charge on any atom is -0.383 e. The zero-order valence-electron chi connectivity index (χ0n) is 9.61. The van der Waals surface area contributed by atoms with Gasteiger partial charge in [0.15, 0.2) is 5.82 Å². The van der Waals surface area contributed by atoms with Crippen molar-refractivity contribution in [1.29, 1.82) is 0 Å². The lowest BCUT2D eigenvalue weighted by atomic mass is 10.3. The topological polar surface area (TPSA) is 77.6 Å². The van der Waals surface area contributed by atoms with Gasteiger partial charge in [-0.05, 0) is 42.0 Å². The van der Waals surface area contributed by atoms with Crippen LogP contribution in [0.4, 0.5) is 5.82 Å².